The van der Waals surface area contributed by atoms with Crippen LogP contribution >= 0.6 is 23.1 Å². The summed E-state index contributed by atoms with van der Waals surface area (Å²) in [6, 6.07) is 14.1. The molecule has 2 aromatic carbocycles. The summed E-state index contributed by atoms with van der Waals surface area (Å²) in [4.78, 5) is 19.1. The number of hydrogen-bond acceptors (Lipinski definition) is 7. The minimum Gasteiger partial charge on any atom is -0.416 e. The van der Waals surface area contributed by atoms with Crippen molar-refractivity contribution in [2.75, 3.05) is 17.2 Å². The lowest BCUT2D eigenvalue weighted by Gasteiger charge is -2.22. The number of aromatic nitrogens is 3. The molecule has 0 atom stereocenters. The van der Waals surface area contributed by atoms with E-state index >= 15 is 0 Å². The fourth-order valence-electron chi connectivity index (χ4n) is 3.14. The molecule has 2 heterocycles. The highest BCUT2D eigenvalue weighted by molar-refractivity contribution is 7.99. The van der Waals surface area contributed by atoms with Crippen LogP contribution < -0.4 is 4.90 Å². The van der Waals surface area contributed by atoms with Crippen molar-refractivity contribution in [2.45, 2.75) is 25.5 Å². The molecule has 2 aromatic heterocycles. The quantitative estimate of drug-likeness (QED) is 0.400. The van der Waals surface area contributed by atoms with Crippen LogP contribution in [0.25, 0.3) is 10.8 Å². The van der Waals surface area contributed by atoms with Crippen LogP contribution in [-0.2, 0) is 11.2 Å². The molecule has 0 saturated carbocycles. The SMILES string of the molecule is CCN(C(=O)CSc1nnc(Cc2csc(C)n2)o1)c1cccc2ccccc12. The summed E-state index contributed by atoms with van der Waals surface area (Å²) in [6.07, 6.45) is 0.503. The molecule has 0 bridgehead atoms. The maximum Gasteiger partial charge on any atom is 0.277 e. The second-order valence-electron chi connectivity index (χ2n) is 6.42. The Hall–Kier alpha value is -2.71. The highest BCUT2D eigenvalue weighted by atomic mass is 32.2. The Morgan fingerprint density at radius 3 is 2.79 bits per heavy atom. The highest BCUT2D eigenvalue weighted by Gasteiger charge is 2.18. The maximum absolute atomic E-state index is 12.9. The maximum atomic E-state index is 12.9. The van der Waals surface area contributed by atoms with Crippen molar-refractivity contribution in [3.8, 4) is 0 Å². The summed E-state index contributed by atoms with van der Waals surface area (Å²) >= 11 is 2.85. The Morgan fingerprint density at radius 1 is 1.17 bits per heavy atom. The van der Waals surface area contributed by atoms with E-state index in [1.165, 1.54) is 11.8 Å². The summed E-state index contributed by atoms with van der Waals surface area (Å²) in [5.74, 6) is 0.740. The molecule has 4 aromatic rings. The zero-order chi connectivity index (χ0) is 20.2. The zero-order valence-electron chi connectivity index (χ0n) is 16.2. The van der Waals surface area contributed by atoms with Crippen molar-refractivity contribution in [1.82, 2.24) is 15.2 Å². The Labute approximate surface area is 177 Å². The number of rotatable bonds is 7. The van der Waals surface area contributed by atoms with E-state index in [-0.39, 0.29) is 11.7 Å². The van der Waals surface area contributed by atoms with Gasteiger partial charge in [0.1, 0.15) is 0 Å². The number of thiazole rings is 1. The van der Waals surface area contributed by atoms with Crippen LogP contribution in [0, 0.1) is 6.92 Å². The van der Waals surface area contributed by atoms with E-state index in [0.717, 1.165) is 27.2 Å². The lowest BCUT2D eigenvalue weighted by Crippen LogP contribution is -2.32. The molecular formula is C21H20N4O2S2. The van der Waals surface area contributed by atoms with Gasteiger partial charge >= 0.3 is 0 Å². The molecule has 0 aliphatic rings. The number of carbonyl (C=O) groups excluding carboxylic acids is 1. The molecule has 6 nitrogen and oxygen atoms in total. The summed E-state index contributed by atoms with van der Waals surface area (Å²) in [5, 5.41) is 13.7. The van der Waals surface area contributed by atoms with Crippen molar-refractivity contribution < 1.29 is 9.21 Å². The fraction of sp³-hybridized carbons (Fsp3) is 0.238. The predicted octanol–water partition coefficient (Wildman–Crippen LogP) is 4.72. The first-order chi connectivity index (χ1) is 14.1. The van der Waals surface area contributed by atoms with E-state index in [0.29, 0.717) is 24.1 Å². The smallest absolute Gasteiger partial charge is 0.277 e. The molecular weight excluding hydrogens is 404 g/mol. The number of carbonyl (C=O) groups is 1. The summed E-state index contributed by atoms with van der Waals surface area (Å²) < 4.78 is 5.67. The number of benzene rings is 2. The fourth-order valence-corrected chi connectivity index (χ4v) is 4.41. The number of amides is 1. The molecule has 0 saturated heterocycles. The first-order valence-electron chi connectivity index (χ1n) is 9.28. The van der Waals surface area contributed by atoms with Crippen LogP contribution in [0.2, 0.25) is 0 Å². The Morgan fingerprint density at radius 2 is 2.00 bits per heavy atom. The van der Waals surface area contributed by atoms with Crippen molar-refractivity contribution in [1.29, 1.82) is 0 Å². The van der Waals surface area contributed by atoms with Gasteiger partial charge in [0.25, 0.3) is 5.22 Å². The highest BCUT2D eigenvalue weighted by Crippen LogP contribution is 2.28. The monoisotopic (exact) mass is 424 g/mol. The van der Waals surface area contributed by atoms with E-state index in [9.17, 15) is 4.79 Å². The Bertz CT molecular complexity index is 1130. The van der Waals surface area contributed by atoms with E-state index in [1.807, 2.05) is 49.6 Å². The van der Waals surface area contributed by atoms with Crippen molar-refractivity contribution in [2.24, 2.45) is 0 Å². The third-order valence-corrected chi connectivity index (χ3v) is 6.07. The first-order valence-corrected chi connectivity index (χ1v) is 11.1. The van der Waals surface area contributed by atoms with Crippen LogP contribution in [0.15, 0.2) is 57.5 Å². The lowest BCUT2D eigenvalue weighted by molar-refractivity contribution is -0.116. The van der Waals surface area contributed by atoms with Gasteiger partial charge in [-0.25, -0.2) is 4.98 Å². The van der Waals surface area contributed by atoms with Crippen LogP contribution in [0.1, 0.15) is 23.5 Å². The lowest BCUT2D eigenvalue weighted by atomic mass is 10.1. The van der Waals surface area contributed by atoms with Gasteiger partial charge < -0.3 is 9.32 Å². The van der Waals surface area contributed by atoms with E-state index in [2.05, 4.69) is 27.3 Å². The average Bonchev–Trinajstić information content (AvgIpc) is 3.36. The number of thioether (sulfide) groups is 1. The molecule has 0 N–H and O–H groups in total. The number of fused-ring (bicyclic) bond motifs is 1. The van der Waals surface area contributed by atoms with Gasteiger partial charge in [-0.2, -0.15) is 0 Å². The second-order valence-corrected chi connectivity index (χ2v) is 8.41. The molecule has 0 spiro atoms. The van der Waals surface area contributed by atoms with Gasteiger partial charge in [0.15, 0.2) is 0 Å². The standard InChI is InChI=1S/C21H20N4O2S2/c1-3-25(18-10-6-8-15-7-4-5-9-17(15)18)20(26)13-29-21-24-23-19(27-21)11-16-12-28-14(2)22-16/h4-10,12H,3,11,13H2,1-2H3. The molecule has 29 heavy (non-hydrogen) atoms. The van der Waals surface area contributed by atoms with Gasteiger partial charge in [0.2, 0.25) is 11.8 Å². The molecule has 0 unspecified atom stereocenters. The van der Waals surface area contributed by atoms with Gasteiger partial charge in [-0.1, -0.05) is 48.2 Å². The number of aryl methyl sites for hydroxylation is 1. The normalized spacial score (nSPS) is 11.1. The van der Waals surface area contributed by atoms with E-state index < -0.39 is 0 Å². The first kappa shape index (κ1) is 19.6. The third kappa shape index (κ3) is 4.49. The van der Waals surface area contributed by atoms with Crippen molar-refractivity contribution in [3.05, 3.63) is 64.4 Å². The van der Waals surface area contributed by atoms with Crippen LogP contribution in [-0.4, -0.2) is 33.4 Å². The largest absolute Gasteiger partial charge is 0.416 e. The molecule has 4 rings (SSSR count). The molecule has 0 fully saturated rings. The van der Waals surface area contributed by atoms with E-state index in [1.54, 1.807) is 16.2 Å². The predicted molar refractivity (Wildman–Crippen MR) is 117 cm³/mol. The third-order valence-electron chi connectivity index (χ3n) is 4.44. The molecule has 1 amide bonds. The minimum atomic E-state index is 0.00345. The number of nitrogens with zero attached hydrogens (tertiary/aromatic N) is 4. The number of anilines is 1. The van der Waals surface area contributed by atoms with Crippen molar-refractivity contribution in [3.63, 3.8) is 0 Å². The Balaban J connectivity index is 1.43. The summed E-state index contributed by atoms with van der Waals surface area (Å²) in [5.41, 5.74) is 1.83. The van der Waals surface area contributed by atoms with Crippen molar-refractivity contribution >= 4 is 45.5 Å². The summed E-state index contributed by atoms with van der Waals surface area (Å²) in [7, 11) is 0. The topological polar surface area (TPSA) is 72.1 Å². The Kier molecular flexibility index (Phi) is 5.92. The van der Waals surface area contributed by atoms with Gasteiger partial charge in [-0.3, -0.25) is 4.79 Å². The zero-order valence-corrected chi connectivity index (χ0v) is 17.8. The van der Waals surface area contributed by atoms with Crippen LogP contribution in [0.3, 0.4) is 0 Å². The average molecular weight is 425 g/mol. The molecule has 8 heteroatoms. The van der Waals surface area contributed by atoms with Gasteiger partial charge in [-0.05, 0) is 25.3 Å². The van der Waals surface area contributed by atoms with Gasteiger partial charge in [-0.15, -0.1) is 21.5 Å². The molecule has 148 valence electrons. The van der Waals surface area contributed by atoms with E-state index in [4.69, 9.17) is 4.42 Å². The van der Waals surface area contributed by atoms with Crippen LogP contribution in [0.4, 0.5) is 5.69 Å². The summed E-state index contributed by atoms with van der Waals surface area (Å²) in [6.45, 7) is 4.53. The minimum absolute atomic E-state index is 0.00345. The second kappa shape index (κ2) is 8.75. The number of hydrogen-bond donors (Lipinski definition) is 0. The van der Waals surface area contributed by atoms with Gasteiger partial charge in [0.05, 0.1) is 28.6 Å². The molecule has 0 aliphatic carbocycles. The van der Waals surface area contributed by atoms with Gasteiger partial charge in [0, 0.05) is 17.3 Å². The molecule has 0 radical (unpaired) electrons. The van der Waals surface area contributed by atoms with Crippen LogP contribution in [0.5, 0.6) is 0 Å². The molecule has 0 aliphatic heterocycles.